The molecule has 1 atom stereocenters. The topological polar surface area (TPSA) is 67.4 Å². The molecule has 3 rings (SSSR count). The molecule has 1 aliphatic rings. The first-order chi connectivity index (χ1) is 12.1. The molecule has 0 spiro atoms. The Morgan fingerprint density at radius 2 is 1.84 bits per heavy atom. The van der Waals surface area contributed by atoms with Crippen molar-refractivity contribution in [1.29, 1.82) is 0 Å². The maximum atomic E-state index is 13.2. The number of hydrogen-bond donors (Lipinski definition) is 2. The second-order valence-corrected chi connectivity index (χ2v) is 5.89. The van der Waals surface area contributed by atoms with E-state index in [9.17, 15) is 14.0 Å². The van der Waals surface area contributed by atoms with Gasteiger partial charge in [0.15, 0.2) is 0 Å². The maximum Gasteiger partial charge on any atom is 0.255 e. The largest absolute Gasteiger partial charge is 0.376 e. The van der Waals surface area contributed by atoms with Crippen molar-refractivity contribution in [2.45, 2.75) is 18.9 Å². The fourth-order valence-electron chi connectivity index (χ4n) is 2.69. The minimum Gasteiger partial charge on any atom is -0.376 e. The summed E-state index contributed by atoms with van der Waals surface area (Å²) in [7, 11) is 0. The molecule has 1 unspecified atom stereocenters. The molecule has 1 fully saturated rings. The first kappa shape index (κ1) is 17.1. The predicted molar refractivity (Wildman–Crippen MR) is 92.1 cm³/mol. The Hall–Kier alpha value is -2.73. The summed E-state index contributed by atoms with van der Waals surface area (Å²) >= 11 is 0. The van der Waals surface area contributed by atoms with Gasteiger partial charge in [-0.25, -0.2) is 4.39 Å². The summed E-state index contributed by atoms with van der Waals surface area (Å²) in [6.07, 6.45) is 2.01. The number of amides is 2. The smallest absolute Gasteiger partial charge is 0.255 e. The zero-order valence-corrected chi connectivity index (χ0v) is 13.6. The zero-order valence-electron chi connectivity index (χ0n) is 13.6. The monoisotopic (exact) mass is 342 g/mol. The number of nitrogens with one attached hydrogen (secondary N) is 2. The van der Waals surface area contributed by atoms with Gasteiger partial charge in [-0.2, -0.15) is 0 Å². The SMILES string of the molecule is O=C(NCC1CCCO1)c1cccc(C(=O)Nc2cccc(F)c2)c1. The van der Waals surface area contributed by atoms with E-state index in [2.05, 4.69) is 10.6 Å². The number of ether oxygens (including phenoxy) is 1. The van der Waals surface area contributed by atoms with Gasteiger partial charge < -0.3 is 15.4 Å². The average molecular weight is 342 g/mol. The molecule has 0 aliphatic carbocycles. The third-order valence-electron chi connectivity index (χ3n) is 3.98. The van der Waals surface area contributed by atoms with Crippen LogP contribution in [0.5, 0.6) is 0 Å². The minimum atomic E-state index is -0.430. The molecule has 2 aromatic carbocycles. The molecule has 1 aliphatic heterocycles. The summed E-state index contributed by atoms with van der Waals surface area (Å²) in [5.41, 5.74) is 1.08. The van der Waals surface area contributed by atoms with Crippen LogP contribution in [0.1, 0.15) is 33.6 Å². The van der Waals surface area contributed by atoms with Crippen LogP contribution >= 0.6 is 0 Å². The second kappa shape index (κ2) is 7.90. The minimum absolute atomic E-state index is 0.0587. The fraction of sp³-hybridized carbons (Fsp3) is 0.263. The van der Waals surface area contributed by atoms with E-state index in [1.165, 1.54) is 24.3 Å². The van der Waals surface area contributed by atoms with Crippen LogP contribution in [0.4, 0.5) is 10.1 Å². The van der Waals surface area contributed by atoms with Gasteiger partial charge in [0.2, 0.25) is 0 Å². The Kier molecular flexibility index (Phi) is 5.40. The van der Waals surface area contributed by atoms with E-state index in [1.807, 2.05) is 0 Å². The predicted octanol–water partition coefficient (Wildman–Crippen LogP) is 2.99. The van der Waals surface area contributed by atoms with Crippen LogP contribution in [0.3, 0.4) is 0 Å². The normalized spacial score (nSPS) is 16.4. The highest BCUT2D eigenvalue weighted by atomic mass is 19.1. The lowest BCUT2D eigenvalue weighted by molar-refractivity contribution is 0.0858. The number of carbonyl (C=O) groups excluding carboxylic acids is 2. The van der Waals surface area contributed by atoms with Gasteiger partial charge in [-0.05, 0) is 49.2 Å². The second-order valence-electron chi connectivity index (χ2n) is 5.89. The zero-order chi connectivity index (χ0) is 17.6. The van der Waals surface area contributed by atoms with Gasteiger partial charge in [-0.3, -0.25) is 9.59 Å². The van der Waals surface area contributed by atoms with Crippen molar-refractivity contribution < 1.29 is 18.7 Å². The van der Waals surface area contributed by atoms with E-state index in [1.54, 1.807) is 24.3 Å². The van der Waals surface area contributed by atoms with Gasteiger partial charge >= 0.3 is 0 Å². The van der Waals surface area contributed by atoms with Crippen LogP contribution in [0, 0.1) is 5.82 Å². The highest BCUT2D eigenvalue weighted by Crippen LogP contribution is 2.13. The van der Waals surface area contributed by atoms with E-state index in [0.717, 1.165) is 19.4 Å². The van der Waals surface area contributed by atoms with Crippen molar-refractivity contribution >= 4 is 17.5 Å². The van der Waals surface area contributed by atoms with Crippen molar-refractivity contribution in [2.24, 2.45) is 0 Å². The van der Waals surface area contributed by atoms with E-state index < -0.39 is 11.7 Å². The van der Waals surface area contributed by atoms with Gasteiger partial charge in [0.1, 0.15) is 5.82 Å². The molecule has 0 bridgehead atoms. The van der Waals surface area contributed by atoms with Crippen molar-refractivity contribution in [3.05, 3.63) is 65.5 Å². The summed E-state index contributed by atoms with van der Waals surface area (Å²) in [5, 5.41) is 5.43. The lowest BCUT2D eigenvalue weighted by Crippen LogP contribution is -2.31. The van der Waals surface area contributed by atoms with Crippen LogP contribution in [-0.4, -0.2) is 31.1 Å². The molecule has 6 heteroatoms. The Bertz CT molecular complexity index is 773. The number of hydrogen-bond acceptors (Lipinski definition) is 3. The molecule has 1 saturated heterocycles. The molecule has 0 radical (unpaired) electrons. The van der Waals surface area contributed by atoms with Crippen LogP contribution in [-0.2, 0) is 4.74 Å². The summed E-state index contributed by atoms with van der Waals surface area (Å²) in [6, 6.07) is 12.0. The van der Waals surface area contributed by atoms with Crippen LogP contribution in [0.2, 0.25) is 0 Å². The highest BCUT2D eigenvalue weighted by Gasteiger charge is 2.17. The van der Waals surface area contributed by atoms with Crippen molar-refractivity contribution in [3.8, 4) is 0 Å². The van der Waals surface area contributed by atoms with Crippen molar-refractivity contribution in [3.63, 3.8) is 0 Å². The van der Waals surface area contributed by atoms with Crippen molar-refractivity contribution in [1.82, 2.24) is 5.32 Å². The Morgan fingerprint density at radius 1 is 1.08 bits per heavy atom. The number of halogens is 1. The first-order valence-electron chi connectivity index (χ1n) is 8.18. The maximum absolute atomic E-state index is 13.2. The molecule has 1 heterocycles. The molecule has 0 aromatic heterocycles. The number of anilines is 1. The molecule has 2 aromatic rings. The van der Waals surface area contributed by atoms with E-state index in [-0.39, 0.29) is 12.0 Å². The average Bonchev–Trinajstić information content (AvgIpc) is 3.13. The number of rotatable bonds is 5. The highest BCUT2D eigenvalue weighted by molar-refractivity contribution is 6.06. The lowest BCUT2D eigenvalue weighted by atomic mass is 10.1. The quantitative estimate of drug-likeness (QED) is 0.878. The summed E-state index contributed by atoms with van der Waals surface area (Å²) in [5.74, 6) is -1.09. The van der Waals surface area contributed by atoms with Gasteiger partial charge in [0.05, 0.1) is 6.10 Å². The molecular formula is C19H19FN2O3. The Balaban J connectivity index is 1.63. The molecule has 25 heavy (non-hydrogen) atoms. The lowest BCUT2D eigenvalue weighted by Gasteiger charge is -2.11. The third kappa shape index (κ3) is 4.64. The van der Waals surface area contributed by atoms with Gasteiger partial charge in [0, 0.05) is 30.0 Å². The van der Waals surface area contributed by atoms with E-state index >= 15 is 0 Å². The van der Waals surface area contributed by atoms with Gasteiger partial charge in [-0.15, -0.1) is 0 Å². The Morgan fingerprint density at radius 3 is 2.56 bits per heavy atom. The Labute approximate surface area is 145 Å². The van der Waals surface area contributed by atoms with E-state index in [4.69, 9.17) is 4.74 Å². The molecule has 2 amide bonds. The first-order valence-corrected chi connectivity index (χ1v) is 8.18. The molecular weight excluding hydrogens is 323 g/mol. The molecule has 130 valence electrons. The molecule has 0 saturated carbocycles. The van der Waals surface area contributed by atoms with Crippen LogP contribution < -0.4 is 10.6 Å². The van der Waals surface area contributed by atoms with Gasteiger partial charge in [0.25, 0.3) is 11.8 Å². The number of benzene rings is 2. The standard InChI is InChI=1S/C19H19FN2O3/c20-15-6-2-7-16(11-15)22-19(24)14-5-1-4-13(10-14)18(23)21-12-17-8-3-9-25-17/h1-2,4-7,10-11,17H,3,8-9,12H2,(H,21,23)(H,22,24). The summed E-state index contributed by atoms with van der Waals surface area (Å²) in [4.78, 5) is 24.5. The van der Waals surface area contributed by atoms with Gasteiger partial charge in [-0.1, -0.05) is 12.1 Å². The van der Waals surface area contributed by atoms with E-state index in [0.29, 0.717) is 23.4 Å². The third-order valence-corrected chi connectivity index (χ3v) is 3.98. The summed E-state index contributed by atoms with van der Waals surface area (Å²) in [6.45, 7) is 1.19. The van der Waals surface area contributed by atoms with Crippen LogP contribution in [0.25, 0.3) is 0 Å². The molecule has 5 nitrogen and oxygen atoms in total. The fourth-order valence-corrected chi connectivity index (χ4v) is 2.69. The number of carbonyl (C=O) groups is 2. The summed E-state index contributed by atoms with van der Waals surface area (Å²) < 4.78 is 18.7. The van der Waals surface area contributed by atoms with Crippen LogP contribution in [0.15, 0.2) is 48.5 Å². The molecule has 2 N–H and O–H groups in total. The van der Waals surface area contributed by atoms with Crippen molar-refractivity contribution in [2.75, 3.05) is 18.5 Å².